The summed E-state index contributed by atoms with van der Waals surface area (Å²) in [7, 11) is 1.65. The summed E-state index contributed by atoms with van der Waals surface area (Å²) in [5.41, 5.74) is 2.12. The summed E-state index contributed by atoms with van der Waals surface area (Å²) in [6.07, 6.45) is -3.51. The highest BCUT2D eigenvalue weighted by atomic mass is 127. The molecule has 9 heteroatoms. The van der Waals surface area contributed by atoms with Crippen LogP contribution in [0.25, 0.3) is 0 Å². The number of guanidine groups is 1. The van der Waals surface area contributed by atoms with Crippen molar-refractivity contribution in [1.29, 1.82) is 0 Å². The van der Waals surface area contributed by atoms with Gasteiger partial charge in [-0.05, 0) is 29.7 Å². The van der Waals surface area contributed by atoms with Gasteiger partial charge in [0.15, 0.2) is 5.96 Å². The molecule has 1 unspecified atom stereocenters. The van der Waals surface area contributed by atoms with Gasteiger partial charge in [0, 0.05) is 32.7 Å². The number of aliphatic imine (C=N–C) groups is 1. The molecule has 5 nitrogen and oxygen atoms in total. The van der Waals surface area contributed by atoms with Crippen molar-refractivity contribution in [2.24, 2.45) is 4.99 Å². The molecule has 0 aliphatic carbocycles. The van der Waals surface area contributed by atoms with Crippen molar-refractivity contribution in [1.82, 2.24) is 15.5 Å². The van der Waals surface area contributed by atoms with Gasteiger partial charge in [0.1, 0.15) is 12.4 Å². The molecule has 1 fully saturated rings. The highest BCUT2D eigenvalue weighted by Gasteiger charge is 2.34. The number of nitrogens with zero attached hydrogens (tertiary/aromatic N) is 2. The van der Waals surface area contributed by atoms with Crippen LogP contribution in [0.5, 0.6) is 5.75 Å². The predicted molar refractivity (Wildman–Crippen MR) is 127 cm³/mol. The molecule has 3 rings (SSSR count). The summed E-state index contributed by atoms with van der Waals surface area (Å²) in [4.78, 5) is 5.60. The summed E-state index contributed by atoms with van der Waals surface area (Å²) in [6, 6.07) is 17.7. The fourth-order valence-electron chi connectivity index (χ4n) is 3.41. The van der Waals surface area contributed by atoms with E-state index in [1.807, 2.05) is 54.6 Å². The molecule has 0 spiro atoms. The summed E-state index contributed by atoms with van der Waals surface area (Å²) in [6.45, 7) is 0.934. The van der Waals surface area contributed by atoms with Crippen molar-refractivity contribution < 1.29 is 17.9 Å². The van der Waals surface area contributed by atoms with Crippen LogP contribution in [0.1, 0.15) is 17.5 Å². The fourth-order valence-corrected chi connectivity index (χ4v) is 3.41. The van der Waals surface area contributed by atoms with Gasteiger partial charge in [0.05, 0.1) is 6.54 Å². The molecule has 0 radical (unpaired) electrons. The molecule has 1 aliphatic heterocycles. The predicted octanol–water partition coefficient (Wildman–Crippen LogP) is 4.19. The molecule has 1 heterocycles. The van der Waals surface area contributed by atoms with Crippen molar-refractivity contribution in [3.63, 3.8) is 0 Å². The molecule has 0 bridgehead atoms. The van der Waals surface area contributed by atoms with Gasteiger partial charge in [-0.1, -0.05) is 42.5 Å². The fraction of sp³-hybridized carbons (Fsp3) is 0.409. The molecule has 1 saturated heterocycles. The van der Waals surface area contributed by atoms with Crippen molar-refractivity contribution in [2.75, 3.05) is 26.7 Å². The van der Waals surface area contributed by atoms with Crippen LogP contribution < -0.4 is 15.4 Å². The lowest BCUT2D eigenvalue weighted by Gasteiger charge is -2.20. The van der Waals surface area contributed by atoms with Gasteiger partial charge >= 0.3 is 6.18 Å². The Kier molecular flexibility index (Phi) is 9.89. The van der Waals surface area contributed by atoms with E-state index >= 15 is 0 Å². The van der Waals surface area contributed by atoms with Crippen molar-refractivity contribution >= 4 is 29.9 Å². The number of rotatable bonds is 7. The lowest BCUT2D eigenvalue weighted by molar-refractivity contribution is -0.143. The van der Waals surface area contributed by atoms with Gasteiger partial charge < -0.3 is 15.4 Å². The monoisotopic (exact) mass is 548 g/mol. The van der Waals surface area contributed by atoms with Crippen LogP contribution in [0.15, 0.2) is 59.6 Å². The number of halogens is 4. The zero-order chi connectivity index (χ0) is 21.4. The highest BCUT2D eigenvalue weighted by Crippen LogP contribution is 2.20. The third-order valence-corrected chi connectivity index (χ3v) is 4.85. The third kappa shape index (κ3) is 8.94. The standard InChI is InChI=1S/C22H27F3N4O.HI/c1-26-21(28-19-10-11-29(14-19)16-22(23,24)25)27-13-18-8-5-9-20(12-18)30-15-17-6-3-2-4-7-17;/h2-9,12,19H,10-11,13-16H2,1H3,(H2,26,27,28);1H. The first-order chi connectivity index (χ1) is 14.4. The van der Waals surface area contributed by atoms with Gasteiger partial charge in [-0.25, -0.2) is 0 Å². The van der Waals surface area contributed by atoms with Gasteiger partial charge in [-0.15, -0.1) is 24.0 Å². The Labute approximate surface area is 198 Å². The van der Waals surface area contributed by atoms with E-state index in [0.29, 0.717) is 38.6 Å². The first kappa shape index (κ1) is 25.3. The maximum absolute atomic E-state index is 12.5. The number of alkyl halides is 3. The summed E-state index contributed by atoms with van der Waals surface area (Å²) >= 11 is 0. The molecule has 2 aromatic carbocycles. The lowest BCUT2D eigenvalue weighted by Crippen LogP contribution is -2.44. The molecular formula is C22H28F3IN4O. The van der Waals surface area contributed by atoms with Gasteiger partial charge in [0.25, 0.3) is 0 Å². The van der Waals surface area contributed by atoms with E-state index in [0.717, 1.165) is 16.9 Å². The number of nitrogens with one attached hydrogen (secondary N) is 2. The minimum absolute atomic E-state index is 0. The SMILES string of the molecule is CN=C(NCc1cccc(OCc2ccccc2)c1)NC1CCN(CC(F)(F)F)C1.I. The van der Waals surface area contributed by atoms with Crippen LogP contribution in [0.2, 0.25) is 0 Å². The number of hydrogen-bond acceptors (Lipinski definition) is 3. The van der Waals surface area contributed by atoms with Crippen molar-refractivity contribution in [3.05, 3.63) is 65.7 Å². The zero-order valence-electron chi connectivity index (χ0n) is 17.4. The molecule has 0 amide bonds. The quantitative estimate of drug-likeness (QED) is 0.310. The minimum Gasteiger partial charge on any atom is -0.489 e. The van der Waals surface area contributed by atoms with E-state index in [9.17, 15) is 13.2 Å². The molecular weight excluding hydrogens is 520 g/mol. The van der Waals surface area contributed by atoms with Crippen LogP contribution in [0.3, 0.4) is 0 Å². The maximum atomic E-state index is 12.5. The normalized spacial score (nSPS) is 17.2. The average molecular weight is 548 g/mol. The number of likely N-dealkylation sites (tertiary alicyclic amines) is 1. The van der Waals surface area contributed by atoms with Crippen LogP contribution in [0, 0.1) is 0 Å². The Hall–Kier alpha value is -2.01. The van der Waals surface area contributed by atoms with Crippen LogP contribution >= 0.6 is 24.0 Å². The Morgan fingerprint density at radius 3 is 2.58 bits per heavy atom. The largest absolute Gasteiger partial charge is 0.489 e. The molecule has 2 N–H and O–H groups in total. The van der Waals surface area contributed by atoms with Crippen molar-refractivity contribution in [2.45, 2.75) is 31.8 Å². The van der Waals surface area contributed by atoms with E-state index < -0.39 is 12.7 Å². The van der Waals surface area contributed by atoms with Crippen LogP contribution in [-0.2, 0) is 13.2 Å². The Morgan fingerprint density at radius 2 is 1.87 bits per heavy atom. The van der Waals surface area contributed by atoms with Gasteiger partial charge in [0.2, 0.25) is 0 Å². The topological polar surface area (TPSA) is 48.9 Å². The molecule has 31 heavy (non-hydrogen) atoms. The first-order valence-corrected chi connectivity index (χ1v) is 9.93. The summed E-state index contributed by atoms with van der Waals surface area (Å²) < 4.78 is 43.5. The van der Waals surface area contributed by atoms with Gasteiger partial charge in [-0.3, -0.25) is 9.89 Å². The Bertz CT molecular complexity index is 833. The molecule has 1 aliphatic rings. The molecule has 0 aromatic heterocycles. The number of hydrogen-bond donors (Lipinski definition) is 2. The second kappa shape index (κ2) is 12.1. The van der Waals surface area contributed by atoms with E-state index in [2.05, 4.69) is 15.6 Å². The first-order valence-electron chi connectivity index (χ1n) is 9.93. The van der Waals surface area contributed by atoms with E-state index in [4.69, 9.17) is 4.74 Å². The van der Waals surface area contributed by atoms with E-state index in [-0.39, 0.29) is 30.0 Å². The Morgan fingerprint density at radius 1 is 1.13 bits per heavy atom. The smallest absolute Gasteiger partial charge is 0.401 e. The minimum atomic E-state index is -4.16. The van der Waals surface area contributed by atoms with E-state index in [1.54, 1.807) is 7.05 Å². The number of ether oxygens (including phenoxy) is 1. The van der Waals surface area contributed by atoms with Crippen LogP contribution in [-0.4, -0.2) is 49.8 Å². The van der Waals surface area contributed by atoms with Crippen molar-refractivity contribution in [3.8, 4) is 5.75 Å². The Balaban J connectivity index is 0.00000341. The molecule has 170 valence electrons. The number of benzene rings is 2. The maximum Gasteiger partial charge on any atom is 0.401 e. The van der Waals surface area contributed by atoms with Gasteiger partial charge in [-0.2, -0.15) is 13.2 Å². The lowest BCUT2D eigenvalue weighted by atomic mass is 10.2. The summed E-state index contributed by atoms with van der Waals surface area (Å²) in [5.74, 6) is 1.35. The summed E-state index contributed by atoms with van der Waals surface area (Å²) in [5, 5.41) is 6.43. The molecule has 2 aromatic rings. The second-order valence-electron chi connectivity index (χ2n) is 7.33. The van der Waals surface area contributed by atoms with E-state index in [1.165, 1.54) is 4.90 Å². The highest BCUT2D eigenvalue weighted by molar-refractivity contribution is 14.0. The molecule has 0 saturated carbocycles. The second-order valence-corrected chi connectivity index (χ2v) is 7.33. The third-order valence-electron chi connectivity index (χ3n) is 4.85. The average Bonchev–Trinajstić information content (AvgIpc) is 3.15. The zero-order valence-corrected chi connectivity index (χ0v) is 19.7. The molecule has 1 atom stereocenters. The van der Waals surface area contributed by atoms with Crippen LogP contribution in [0.4, 0.5) is 13.2 Å².